The summed E-state index contributed by atoms with van der Waals surface area (Å²) in [5.74, 6) is 0.245. The van der Waals surface area contributed by atoms with Crippen LogP contribution in [0.2, 0.25) is 0 Å². The van der Waals surface area contributed by atoms with E-state index in [0.717, 1.165) is 30.8 Å². The van der Waals surface area contributed by atoms with Crippen molar-refractivity contribution in [3.05, 3.63) is 23.0 Å². The molecular formula is C16H28N2O. The zero-order chi connectivity index (χ0) is 14.6. The highest BCUT2D eigenvalue weighted by Gasteiger charge is 2.19. The molecule has 0 radical (unpaired) electrons. The van der Waals surface area contributed by atoms with Gasteiger partial charge in [-0.05, 0) is 53.7 Å². The molecule has 0 spiro atoms. The highest BCUT2D eigenvalue weighted by molar-refractivity contribution is 5.99. The maximum absolute atomic E-state index is 12.5. The number of carbonyl (C=O) groups excluding carboxylic acids is 1. The fourth-order valence-electron chi connectivity index (χ4n) is 2.65. The molecule has 0 fully saturated rings. The molecule has 1 rings (SSSR count). The monoisotopic (exact) mass is 264 g/mol. The van der Waals surface area contributed by atoms with E-state index in [2.05, 4.69) is 44.1 Å². The van der Waals surface area contributed by atoms with Gasteiger partial charge in [-0.3, -0.25) is 9.69 Å². The smallest absolute Gasteiger partial charge is 0.178 e. The van der Waals surface area contributed by atoms with Crippen LogP contribution in [0.3, 0.4) is 0 Å². The van der Waals surface area contributed by atoms with E-state index in [1.54, 1.807) is 0 Å². The Hall–Kier alpha value is -1.09. The first-order chi connectivity index (χ1) is 8.92. The van der Waals surface area contributed by atoms with Crippen molar-refractivity contribution >= 4 is 5.78 Å². The van der Waals surface area contributed by atoms with Gasteiger partial charge in [-0.1, -0.05) is 6.92 Å². The Labute approximate surface area is 117 Å². The molecule has 0 saturated heterocycles. The lowest BCUT2D eigenvalue weighted by molar-refractivity contribution is 0.0905. The third-order valence-corrected chi connectivity index (χ3v) is 3.78. The molecule has 0 aliphatic rings. The lowest BCUT2D eigenvalue weighted by atomic mass is 10.1. The lowest BCUT2D eigenvalue weighted by Crippen LogP contribution is -2.36. The van der Waals surface area contributed by atoms with Crippen LogP contribution in [0.5, 0.6) is 0 Å². The van der Waals surface area contributed by atoms with E-state index < -0.39 is 0 Å². The third kappa shape index (κ3) is 3.69. The minimum absolute atomic E-state index is 0.245. The molecule has 0 aliphatic heterocycles. The van der Waals surface area contributed by atoms with Crippen molar-refractivity contribution in [1.82, 2.24) is 9.47 Å². The van der Waals surface area contributed by atoms with Gasteiger partial charge in [0.05, 0.1) is 6.54 Å². The summed E-state index contributed by atoms with van der Waals surface area (Å²) in [4.78, 5) is 14.7. The van der Waals surface area contributed by atoms with Crippen LogP contribution < -0.4 is 0 Å². The molecule has 1 aromatic heterocycles. The van der Waals surface area contributed by atoms with Gasteiger partial charge in [0.1, 0.15) is 0 Å². The Kier molecular flexibility index (Phi) is 5.80. The van der Waals surface area contributed by atoms with Crippen molar-refractivity contribution in [1.29, 1.82) is 0 Å². The predicted molar refractivity (Wildman–Crippen MR) is 80.9 cm³/mol. The zero-order valence-corrected chi connectivity index (χ0v) is 13.3. The average molecular weight is 264 g/mol. The van der Waals surface area contributed by atoms with E-state index in [-0.39, 0.29) is 5.78 Å². The minimum Gasteiger partial charge on any atom is -0.349 e. The van der Waals surface area contributed by atoms with Crippen molar-refractivity contribution in [3.8, 4) is 0 Å². The summed E-state index contributed by atoms with van der Waals surface area (Å²) < 4.78 is 2.20. The van der Waals surface area contributed by atoms with E-state index in [1.165, 1.54) is 5.69 Å². The molecule has 0 N–H and O–H groups in total. The van der Waals surface area contributed by atoms with E-state index in [4.69, 9.17) is 0 Å². The summed E-state index contributed by atoms with van der Waals surface area (Å²) in [5, 5.41) is 0. The molecule has 0 saturated carbocycles. The quantitative estimate of drug-likeness (QED) is 0.705. The fourth-order valence-corrected chi connectivity index (χ4v) is 2.65. The number of hydrogen-bond acceptors (Lipinski definition) is 2. The van der Waals surface area contributed by atoms with Gasteiger partial charge >= 0.3 is 0 Å². The van der Waals surface area contributed by atoms with Gasteiger partial charge < -0.3 is 4.57 Å². The van der Waals surface area contributed by atoms with Crippen molar-refractivity contribution in [3.63, 3.8) is 0 Å². The summed E-state index contributed by atoms with van der Waals surface area (Å²) >= 11 is 0. The van der Waals surface area contributed by atoms with E-state index in [1.807, 2.05) is 13.0 Å². The van der Waals surface area contributed by atoms with Gasteiger partial charge in [-0.25, -0.2) is 0 Å². The molecule has 3 heteroatoms. The Morgan fingerprint density at radius 2 is 1.95 bits per heavy atom. The summed E-state index contributed by atoms with van der Waals surface area (Å²) in [5.41, 5.74) is 3.17. The van der Waals surface area contributed by atoms with Crippen LogP contribution in [0.4, 0.5) is 0 Å². The summed E-state index contributed by atoms with van der Waals surface area (Å²) in [7, 11) is 0. The predicted octanol–water partition coefficient (Wildman–Crippen LogP) is 3.43. The van der Waals surface area contributed by atoms with Gasteiger partial charge in [0.25, 0.3) is 0 Å². The number of rotatable bonds is 7. The average Bonchev–Trinajstić information content (AvgIpc) is 2.63. The van der Waals surface area contributed by atoms with E-state index in [0.29, 0.717) is 12.6 Å². The maximum Gasteiger partial charge on any atom is 0.178 e. The standard InChI is InChI=1S/C16H28N2O/c1-7-9-17(12(3)4)11-16(19)15-10-13(5)18(8-2)14(15)6/h10,12H,7-9,11H2,1-6H3. The summed E-state index contributed by atoms with van der Waals surface area (Å²) in [6.45, 7) is 15.1. The zero-order valence-electron chi connectivity index (χ0n) is 13.3. The maximum atomic E-state index is 12.5. The van der Waals surface area contributed by atoms with Gasteiger partial charge in [0.15, 0.2) is 5.78 Å². The fraction of sp³-hybridized carbons (Fsp3) is 0.688. The third-order valence-electron chi connectivity index (χ3n) is 3.78. The first-order valence-corrected chi connectivity index (χ1v) is 7.36. The summed E-state index contributed by atoms with van der Waals surface area (Å²) in [6, 6.07) is 2.45. The Morgan fingerprint density at radius 3 is 2.37 bits per heavy atom. The Bertz CT molecular complexity index is 432. The first kappa shape index (κ1) is 16.0. The molecule has 3 nitrogen and oxygen atoms in total. The minimum atomic E-state index is 0.245. The number of Topliss-reactive ketones (excluding diaryl/α,β-unsaturated/α-hetero) is 1. The second-order valence-electron chi connectivity index (χ2n) is 5.52. The summed E-state index contributed by atoms with van der Waals surface area (Å²) in [6.07, 6.45) is 1.08. The molecule has 0 aromatic carbocycles. The molecule has 108 valence electrons. The van der Waals surface area contributed by atoms with Gasteiger partial charge in [-0.15, -0.1) is 0 Å². The topological polar surface area (TPSA) is 25.2 Å². The molecule has 0 atom stereocenters. The second-order valence-corrected chi connectivity index (χ2v) is 5.52. The molecule has 1 aromatic rings. The molecule has 19 heavy (non-hydrogen) atoms. The van der Waals surface area contributed by atoms with Crippen molar-refractivity contribution in [2.45, 2.75) is 60.5 Å². The molecule has 0 bridgehead atoms. The molecule has 0 unspecified atom stereocenters. The van der Waals surface area contributed by atoms with Gasteiger partial charge in [0.2, 0.25) is 0 Å². The lowest BCUT2D eigenvalue weighted by Gasteiger charge is -2.25. The van der Waals surface area contributed by atoms with Crippen LogP contribution in [-0.4, -0.2) is 34.4 Å². The largest absolute Gasteiger partial charge is 0.349 e. The van der Waals surface area contributed by atoms with Crippen LogP contribution in [-0.2, 0) is 6.54 Å². The van der Waals surface area contributed by atoms with Crippen LogP contribution in [0.25, 0.3) is 0 Å². The van der Waals surface area contributed by atoms with Crippen LogP contribution in [0, 0.1) is 13.8 Å². The van der Waals surface area contributed by atoms with E-state index >= 15 is 0 Å². The Morgan fingerprint density at radius 1 is 1.32 bits per heavy atom. The first-order valence-electron chi connectivity index (χ1n) is 7.36. The normalized spacial score (nSPS) is 11.6. The number of aromatic nitrogens is 1. The molecule has 0 aliphatic carbocycles. The number of hydrogen-bond donors (Lipinski definition) is 0. The molecule has 1 heterocycles. The Balaban J connectivity index is 2.88. The molecular weight excluding hydrogens is 236 g/mol. The van der Waals surface area contributed by atoms with Crippen molar-refractivity contribution in [2.75, 3.05) is 13.1 Å². The van der Waals surface area contributed by atoms with Crippen molar-refractivity contribution in [2.24, 2.45) is 0 Å². The van der Waals surface area contributed by atoms with Crippen LogP contribution in [0.15, 0.2) is 6.07 Å². The SMILES string of the molecule is CCCN(CC(=O)c1cc(C)n(CC)c1C)C(C)C. The van der Waals surface area contributed by atoms with Crippen molar-refractivity contribution < 1.29 is 4.79 Å². The number of aryl methyl sites for hydroxylation is 1. The number of nitrogens with zero attached hydrogens (tertiary/aromatic N) is 2. The second kappa shape index (κ2) is 6.90. The number of carbonyl (C=O) groups is 1. The highest BCUT2D eigenvalue weighted by atomic mass is 16.1. The van der Waals surface area contributed by atoms with Gasteiger partial charge in [-0.2, -0.15) is 0 Å². The molecule has 0 amide bonds. The number of ketones is 1. The van der Waals surface area contributed by atoms with Crippen LogP contribution >= 0.6 is 0 Å². The highest BCUT2D eigenvalue weighted by Crippen LogP contribution is 2.16. The van der Waals surface area contributed by atoms with E-state index in [9.17, 15) is 4.79 Å². The van der Waals surface area contributed by atoms with Crippen LogP contribution in [0.1, 0.15) is 55.9 Å². The van der Waals surface area contributed by atoms with Gasteiger partial charge in [0, 0.05) is 29.5 Å².